The second-order valence-electron chi connectivity index (χ2n) is 5.64. The fourth-order valence-corrected chi connectivity index (χ4v) is 3.05. The Morgan fingerprint density at radius 1 is 1.28 bits per heavy atom. The van der Waals surface area contributed by atoms with Crippen LogP contribution in [0, 0.1) is 0 Å². The molecule has 0 radical (unpaired) electrons. The van der Waals surface area contributed by atoms with E-state index in [-0.39, 0.29) is 24.0 Å². The molecular formula is C17H29IN4O2S. The zero-order chi connectivity index (χ0) is 17.4. The average Bonchev–Trinajstić information content (AvgIpc) is 3.09. The fourth-order valence-electron chi connectivity index (χ4n) is 2.75. The number of nitrogens with zero attached hydrogens (tertiary/aromatic N) is 2. The molecule has 1 aliphatic rings. The van der Waals surface area contributed by atoms with Gasteiger partial charge in [0.1, 0.15) is 11.5 Å². The minimum atomic E-state index is 0. The van der Waals surface area contributed by atoms with Gasteiger partial charge in [0.05, 0.1) is 14.2 Å². The maximum atomic E-state index is 5.37. The van der Waals surface area contributed by atoms with Crippen molar-refractivity contribution in [3.05, 3.63) is 18.2 Å². The third-order valence-corrected chi connectivity index (χ3v) is 4.67. The van der Waals surface area contributed by atoms with Crippen molar-refractivity contribution in [2.45, 2.75) is 12.5 Å². The van der Waals surface area contributed by atoms with Crippen molar-refractivity contribution in [1.29, 1.82) is 0 Å². The van der Waals surface area contributed by atoms with E-state index in [1.54, 1.807) is 14.2 Å². The number of thioether (sulfide) groups is 1. The van der Waals surface area contributed by atoms with E-state index in [2.05, 4.69) is 38.9 Å². The summed E-state index contributed by atoms with van der Waals surface area (Å²) in [4.78, 5) is 6.65. The summed E-state index contributed by atoms with van der Waals surface area (Å²) in [6, 6.07) is 6.38. The molecule has 0 saturated carbocycles. The van der Waals surface area contributed by atoms with Gasteiger partial charge in [-0.25, -0.2) is 0 Å². The van der Waals surface area contributed by atoms with E-state index in [9.17, 15) is 0 Å². The van der Waals surface area contributed by atoms with E-state index < -0.39 is 0 Å². The number of hydrogen-bond donors (Lipinski definition) is 2. The van der Waals surface area contributed by atoms with Crippen LogP contribution in [0.2, 0.25) is 0 Å². The van der Waals surface area contributed by atoms with Crippen LogP contribution in [0.15, 0.2) is 23.2 Å². The van der Waals surface area contributed by atoms with Gasteiger partial charge in [-0.15, -0.1) is 24.0 Å². The van der Waals surface area contributed by atoms with E-state index in [0.717, 1.165) is 55.0 Å². The van der Waals surface area contributed by atoms with E-state index in [0.29, 0.717) is 6.04 Å². The largest absolute Gasteiger partial charge is 0.497 e. The summed E-state index contributed by atoms with van der Waals surface area (Å²) in [5, 5.41) is 6.85. The van der Waals surface area contributed by atoms with E-state index in [1.807, 2.05) is 24.9 Å². The standard InChI is InChI=1S/C17H28N4O2S.HI/c1-18-17(19-6-8-24-4)20-13-5-7-21(12-13)14-9-15(22-2)11-16(10-14)23-3;/h9-11,13H,5-8,12H2,1-4H3,(H2,18,19,20);1H. The lowest BCUT2D eigenvalue weighted by Gasteiger charge is -2.21. The van der Waals surface area contributed by atoms with E-state index >= 15 is 0 Å². The molecule has 1 unspecified atom stereocenters. The summed E-state index contributed by atoms with van der Waals surface area (Å²) < 4.78 is 10.7. The molecule has 6 nitrogen and oxygen atoms in total. The first-order valence-corrected chi connectivity index (χ1v) is 9.53. The number of anilines is 1. The number of methoxy groups -OCH3 is 2. The number of aliphatic imine (C=N–C) groups is 1. The van der Waals surface area contributed by atoms with Crippen LogP contribution in [-0.4, -0.2) is 64.9 Å². The molecule has 1 atom stereocenters. The highest BCUT2D eigenvalue weighted by Crippen LogP contribution is 2.30. The highest BCUT2D eigenvalue weighted by molar-refractivity contribution is 14.0. The van der Waals surface area contributed by atoms with Crippen molar-refractivity contribution in [2.24, 2.45) is 4.99 Å². The van der Waals surface area contributed by atoms with Crippen molar-refractivity contribution in [1.82, 2.24) is 10.6 Å². The number of ether oxygens (including phenoxy) is 2. The predicted molar refractivity (Wildman–Crippen MR) is 118 cm³/mol. The molecule has 142 valence electrons. The van der Waals surface area contributed by atoms with Crippen LogP contribution in [0.4, 0.5) is 5.69 Å². The third-order valence-electron chi connectivity index (χ3n) is 4.05. The van der Waals surface area contributed by atoms with Crippen LogP contribution < -0.4 is 25.0 Å². The van der Waals surface area contributed by atoms with E-state index in [1.165, 1.54) is 0 Å². The van der Waals surface area contributed by atoms with Crippen molar-refractivity contribution in [2.75, 3.05) is 57.8 Å². The molecule has 1 heterocycles. The van der Waals surface area contributed by atoms with Crippen molar-refractivity contribution in [3.63, 3.8) is 0 Å². The molecule has 1 aromatic carbocycles. The number of nitrogens with one attached hydrogen (secondary N) is 2. The zero-order valence-corrected chi connectivity index (χ0v) is 18.5. The molecule has 2 N–H and O–H groups in total. The Bertz CT molecular complexity index is 537. The van der Waals surface area contributed by atoms with Gasteiger partial charge in [0.25, 0.3) is 0 Å². The quantitative estimate of drug-likeness (QED) is 0.271. The fraction of sp³-hybridized carbons (Fsp3) is 0.588. The Labute approximate surface area is 172 Å². The van der Waals surface area contributed by atoms with Gasteiger partial charge < -0.3 is 25.0 Å². The normalized spacial score (nSPS) is 17.0. The van der Waals surface area contributed by atoms with Crippen LogP contribution in [0.3, 0.4) is 0 Å². The lowest BCUT2D eigenvalue weighted by atomic mass is 10.2. The zero-order valence-electron chi connectivity index (χ0n) is 15.4. The van der Waals surface area contributed by atoms with Crippen LogP contribution in [0.25, 0.3) is 0 Å². The van der Waals surface area contributed by atoms with Gasteiger partial charge in [0.2, 0.25) is 0 Å². The maximum absolute atomic E-state index is 5.37. The summed E-state index contributed by atoms with van der Waals surface area (Å²) in [7, 11) is 5.17. The topological polar surface area (TPSA) is 58.1 Å². The SMILES string of the molecule is CN=C(NCCSC)NC1CCN(c2cc(OC)cc(OC)c2)C1.I. The van der Waals surface area contributed by atoms with Crippen molar-refractivity contribution in [3.8, 4) is 11.5 Å². The van der Waals surface area contributed by atoms with Gasteiger partial charge in [0.15, 0.2) is 5.96 Å². The number of guanidine groups is 1. The molecule has 1 saturated heterocycles. The summed E-state index contributed by atoms with van der Waals surface area (Å²) in [6.45, 7) is 2.85. The first-order valence-electron chi connectivity index (χ1n) is 8.14. The summed E-state index contributed by atoms with van der Waals surface area (Å²) in [5.74, 6) is 3.57. The summed E-state index contributed by atoms with van der Waals surface area (Å²) >= 11 is 1.82. The molecule has 1 aromatic rings. The van der Waals surface area contributed by atoms with Gasteiger partial charge >= 0.3 is 0 Å². The number of benzene rings is 1. The van der Waals surface area contributed by atoms with Crippen LogP contribution in [0.1, 0.15) is 6.42 Å². The van der Waals surface area contributed by atoms with Gasteiger partial charge in [-0.1, -0.05) is 0 Å². The molecular weight excluding hydrogens is 451 g/mol. The number of rotatable bonds is 7. The Kier molecular flexibility index (Phi) is 10.2. The van der Waals surface area contributed by atoms with Gasteiger partial charge in [0, 0.05) is 62.4 Å². The monoisotopic (exact) mass is 480 g/mol. The number of halogens is 1. The first-order chi connectivity index (χ1) is 11.7. The minimum absolute atomic E-state index is 0. The lowest BCUT2D eigenvalue weighted by molar-refractivity contribution is 0.394. The molecule has 2 rings (SSSR count). The molecule has 0 aliphatic carbocycles. The Hall–Kier alpha value is -1.03. The Morgan fingerprint density at radius 2 is 1.96 bits per heavy atom. The summed E-state index contributed by atoms with van der Waals surface area (Å²) in [6.07, 6.45) is 3.18. The van der Waals surface area contributed by atoms with Crippen molar-refractivity contribution < 1.29 is 9.47 Å². The van der Waals surface area contributed by atoms with Crippen LogP contribution in [0.5, 0.6) is 11.5 Å². The first kappa shape index (κ1) is 22.0. The third kappa shape index (κ3) is 6.65. The molecule has 0 bridgehead atoms. The molecule has 0 amide bonds. The second kappa shape index (κ2) is 11.6. The Balaban J connectivity index is 0.00000312. The number of hydrogen-bond acceptors (Lipinski definition) is 5. The average molecular weight is 480 g/mol. The Morgan fingerprint density at radius 3 is 2.52 bits per heavy atom. The van der Waals surface area contributed by atoms with Crippen LogP contribution >= 0.6 is 35.7 Å². The van der Waals surface area contributed by atoms with E-state index in [4.69, 9.17) is 9.47 Å². The molecule has 25 heavy (non-hydrogen) atoms. The predicted octanol–water partition coefficient (Wildman–Crippen LogP) is 2.43. The molecule has 0 spiro atoms. The minimum Gasteiger partial charge on any atom is -0.497 e. The highest BCUT2D eigenvalue weighted by Gasteiger charge is 2.24. The van der Waals surface area contributed by atoms with Crippen molar-refractivity contribution >= 4 is 47.4 Å². The van der Waals surface area contributed by atoms with Crippen LogP contribution in [-0.2, 0) is 0 Å². The lowest BCUT2D eigenvalue weighted by Crippen LogP contribution is -2.45. The van der Waals surface area contributed by atoms with Gasteiger partial charge in [-0.2, -0.15) is 11.8 Å². The molecule has 8 heteroatoms. The maximum Gasteiger partial charge on any atom is 0.191 e. The highest BCUT2D eigenvalue weighted by atomic mass is 127. The van der Waals surface area contributed by atoms with Gasteiger partial charge in [-0.05, 0) is 12.7 Å². The molecule has 1 fully saturated rings. The molecule has 0 aromatic heterocycles. The smallest absolute Gasteiger partial charge is 0.191 e. The second-order valence-corrected chi connectivity index (χ2v) is 6.62. The summed E-state index contributed by atoms with van der Waals surface area (Å²) in [5.41, 5.74) is 1.13. The molecule has 1 aliphatic heterocycles. The van der Waals surface area contributed by atoms with Gasteiger partial charge in [-0.3, -0.25) is 4.99 Å².